The Balaban J connectivity index is 1.68. The number of rotatable bonds is 7. The van der Waals surface area contributed by atoms with Crippen LogP contribution in [-0.4, -0.2) is 52.5 Å². The summed E-state index contributed by atoms with van der Waals surface area (Å²) in [5.41, 5.74) is 15.2. The van der Waals surface area contributed by atoms with Crippen LogP contribution < -0.4 is 11.5 Å². The molecule has 0 saturated carbocycles. The predicted molar refractivity (Wildman–Crippen MR) is 118 cm³/mol. The standard InChI is InChI=1S/C18H18N8O2S2/c19-15(25-27)13(29-17-21-9-5-1-2-6-10(9)22-17)14(16(20)26-28)30-18-23-11-7-3-4-8-12(11)24-18/h1-8,13-14,27-28H,(H2,19,25)(H2,20,26)(H,21,22)(H,23,24). The number of nitrogens with two attached hydrogens (primary N) is 2. The lowest BCUT2D eigenvalue weighted by atomic mass is 10.2. The molecule has 30 heavy (non-hydrogen) atoms. The highest BCUT2D eigenvalue weighted by Gasteiger charge is 2.33. The van der Waals surface area contributed by atoms with Crippen LogP contribution in [0.25, 0.3) is 22.1 Å². The summed E-state index contributed by atoms with van der Waals surface area (Å²) in [4.78, 5) is 15.4. The fraction of sp³-hybridized carbons (Fsp3) is 0.111. The van der Waals surface area contributed by atoms with Crippen LogP contribution in [0, 0.1) is 0 Å². The second-order valence-corrected chi connectivity index (χ2v) is 8.51. The Bertz CT molecular complexity index is 1070. The number of benzene rings is 2. The molecule has 154 valence electrons. The lowest BCUT2D eigenvalue weighted by molar-refractivity contribution is 0.315. The highest BCUT2D eigenvalue weighted by molar-refractivity contribution is 8.04. The number of para-hydroxylation sites is 4. The number of nitrogens with one attached hydrogen (secondary N) is 2. The monoisotopic (exact) mass is 442 g/mol. The van der Waals surface area contributed by atoms with E-state index in [0.29, 0.717) is 10.3 Å². The molecule has 10 nitrogen and oxygen atoms in total. The smallest absolute Gasteiger partial charge is 0.167 e. The summed E-state index contributed by atoms with van der Waals surface area (Å²) in [6.07, 6.45) is 0. The van der Waals surface area contributed by atoms with Crippen molar-refractivity contribution < 1.29 is 10.4 Å². The Morgan fingerprint density at radius 3 is 1.53 bits per heavy atom. The van der Waals surface area contributed by atoms with Gasteiger partial charge in [-0.05, 0) is 24.3 Å². The van der Waals surface area contributed by atoms with Gasteiger partial charge in [-0.25, -0.2) is 9.97 Å². The maximum atomic E-state index is 9.35. The van der Waals surface area contributed by atoms with Gasteiger partial charge >= 0.3 is 0 Å². The summed E-state index contributed by atoms with van der Waals surface area (Å²) in [6, 6.07) is 15.1. The van der Waals surface area contributed by atoms with Crippen molar-refractivity contribution in [1.29, 1.82) is 0 Å². The molecule has 0 aliphatic carbocycles. The first-order chi connectivity index (χ1) is 14.6. The van der Waals surface area contributed by atoms with E-state index >= 15 is 0 Å². The molecule has 0 aliphatic heterocycles. The molecule has 12 heteroatoms. The van der Waals surface area contributed by atoms with Gasteiger partial charge < -0.3 is 31.8 Å². The van der Waals surface area contributed by atoms with Gasteiger partial charge in [-0.2, -0.15) is 0 Å². The molecule has 8 N–H and O–H groups in total. The van der Waals surface area contributed by atoms with E-state index in [2.05, 4.69) is 30.2 Å². The van der Waals surface area contributed by atoms with Crippen LogP contribution in [0.5, 0.6) is 0 Å². The van der Waals surface area contributed by atoms with Gasteiger partial charge in [0.1, 0.15) is 0 Å². The quantitative estimate of drug-likeness (QED) is 0.0832. The van der Waals surface area contributed by atoms with Crippen LogP contribution in [0.2, 0.25) is 0 Å². The number of imidazole rings is 2. The van der Waals surface area contributed by atoms with Crippen molar-refractivity contribution in [2.45, 2.75) is 20.8 Å². The minimum atomic E-state index is -0.704. The van der Waals surface area contributed by atoms with Crippen LogP contribution in [0.15, 0.2) is 69.2 Å². The zero-order chi connectivity index (χ0) is 21.1. The van der Waals surface area contributed by atoms with Crippen LogP contribution in [0.1, 0.15) is 0 Å². The highest BCUT2D eigenvalue weighted by Crippen LogP contribution is 2.34. The van der Waals surface area contributed by atoms with Gasteiger partial charge in [-0.15, -0.1) is 0 Å². The zero-order valence-corrected chi connectivity index (χ0v) is 17.1. The van der Waals surface area contributed by atoms with Gasteiger partial charge in [-0.1, -0.05) is 58.1 Å². The third-order valence-electron chi connectivity index (χ3n) is 4.30. The van der Waals surface area contributed by atoms with Crippen molar-refractivity contribution >= 4 is 57.3 Å². The fourth-order valence-electron chi connectivity index (χ4n) is 2.88. The summed E-state index contributed by atoms with van der Waals surface area (Å²) < 4.78 is 0. The van der Waals surface area contributed by atoms with Gasteiger partial charge in [0.05, 0.1) is 32.6 Å². The van der Waals surface area contributed by atoms with Crippen LogP contribution in [-0.2, 0) is 0 Å². The average molecular weight is 443 g/mol. The Morgan fingerprint density at radius 2 is 1.17 bits per heavy atom. The van der Waals surface area contributed by atoms with E-state index in [9.17, 15) is 10.4 Å². The Hall–Kier alpha value is -3.38. The highest BCUT2D eigenvalue weighted by atomic mass is 32.2. The first-order valence-corrected chi connectivity index (χ1v) is 10.5. The zero-order valence-electron chi connectivity index (χ0n) is 15.4. The third-order valence-corrected chi connectivity index (χ3v) is 6.84. The third kappa shape index (κ3) is 4.00. The van der Waals surface area contributed by atoms with Crippen LogP contribution in [0.3, 0.4) is 0 Å². The van der Waals surface area contributed by atoms with Gasteiger partial charge in [0, 0.05) is 0 Å². The normalized spacial score (nSPS) is 14.9. The number of amidine groups is 2. The van der Waals surface area contributed by atoms with E-state index in [1.165, 1.54) is 23.5 Å². The van der Waals surface area contributed by atoms with Crippen molar-refractivity contribution in [3.63, 3.8) is 0 Å². The molecule has 4 aromatic rings. The molecule has 2 aromatic carbocycles. The summed E-state index contributed by atoms with van der Waals surface area (Å²) in [5.74, 6) is -0.193. The fourth-order valence-corrected chi connectivity index (χ4v) is 5.20. The number of hydrogen-bond donors (Lipinski definition) is 6. The lowest BCUT2D eigenvalue weighted by Crippen LogP contribution is -2.43. The van der Waals surface area contributed by atoms with E-state index in [1.807, 2.05) is 48.5 Å². The molecule has 0 fully saturated rings. The molecule has 0 spiro atoms. The minimum absolute atomic E-state index is 0.0966. The minimum Gasteiger partial charge on any atom is -0.409 e. The summed E-state index contributed by atoms with van der Waals surface area (Å²) in [5, 5.41) is 24.7. The van der Waals surface area contributed by atoms with Gasteiger partial charge in [-0.3, -0.25) is 0 Å². The SMILES string of the molecule is NC(=NO)C(Sc1nc2ccccc2[nH]1)C(Sc1nc2ccccc2[nH]1)C(N)=NO. The number of aromatic amines is 2. The van der Waals surface area contributed by atoms with E-state index in [0.717, 1.165) is 22.1 Å². The second-order valence-electron chi connectivity index (χ2n) is 6.24. The molecule has 0 bridgehead atoms. The van der Waals surface area contributed by atoms with Gasteiger partial charge in [0.25, 0.3) is 0 Å². The largest absolute Gasteiger partial charge is 0.409 e. The second kappa shape index (κ2) is 8.55. The maximum absolute atomic E-state index is 9.35. The van der Waals surface area contributed by atoms with Crippen LogP contribution in [0.4, 0.5) is 0 Å². The van der Waals surface area contributed by atoms with Gasteiger partial charge in [0.2, 0.25) is 0 Å². The Kier molecular flexibility index (Phi) is 5.68. The topological polar surface area (TPSA) is 175 Å². The van der Waals surface area contributed by atoms with E-state index in [4.69, 9.17) is 11.5 Å². The number of aromatic nitrogens is 4. The number of oxime groups is 2. The summed E-state index contributed by atoms with van der Waals surface area (Å²) in [7, 11) is 0. The van der Waals surface area contributed by atoms with Crippen LogP contribution >= 0.6 is 23.5 Å². The molecule has 2 unspecified atom stereocenters. The Morgan fingerprint density at radius 1 is 0.767 bits per heavy atom. The first-order valence-electron chi connectivity index (χ1n) is 8.76. The molecular formula is C18H18N8O2S2. The average Bonchev–Trinajstić information content (AvgIpc) is 3.37. The maximum Gasteiger partial charge on any atom is 0.167 e. The van der Waals surface area contributed by atoms with Crippen molar-refractivity contribution in [3.8, 4) is 0 Å². The van der Waals surface area contributed by atoms with Crippen molar-refractivity contribution in [1.82, 2.24) is 19.9 Å². The molecule has 0 radical (unpaired) electrons. The predicted octanol–water partition coefficient (Wildman–Crippen LogP) is 2.55. The lowest BCUT2D eigenvalue weighted by Gasteiger charge is -2.22. The van der Waals surface area contributed by atoms with Crippen molar-refractivity contribution in [3.05, 3.63) is 48.5 Å². The van der Waals surface area contributed by atoms with Crippen molar-refractivity contribution in [2.24, 2.45) is 21.8 Å². The van der Waals surface area contributed by atoms with Crippen molar-refractivity contribution in [2.75, 3.05) is 0 Å². The summed E-state index contributed by atoms with van der Waals surface area (Å²) >= 11 is 2.42. The molecule has 2 atom stereocenters. The molecule has 4 rings (SSSR count). The molecule has 0 aliphatic rings. The number of nitrogens with zero attached hydrogens (tertiary/aromatic N) is 4. The molecule has 0 saturated heterocycles. The van der Waals surface area contributed by atoms with E-state index in [-0.39, 0.29) is 11.7 Å². The molecule has 2 aromatic heterocycles. The van der Waals surface area contributed by atoms with E-state index in [1.54, 1.807) is 0 Å². The molecule has 2 heterocycles. The van der Waals surface area contributed by atoms with Gasteiger partial charge in [0.15, 0.2) is 22.0 Å². The number of thioether (sulfide) groups is 2. The number of H-pyrrole nitrogens is 2. The van der Waals surface area contributed by atoms with E-state index < -0.39 is 10.5 Å². The number of hydrogen-bond acceptors (Lipinski definition) is 8. The molecular weight excluding hydrogens is 424 g/mol. The Labute approximate surface area is 178 Å². The summed E-state index contributed by atoms with van der Waals surface area (Å²) in [6.45, 7) is 0. The number of fused-ring (bicyclic) bond motifs is 2. The molecule has 0 amide bonds. The first kappa shape index (κ1) is 19.9.